The number of rotatable bonds is 0. The lowest BCUT2D eigenvalue weighted by Gasteiger charge is -2.07. The summed E-state index contributed by atoms with van der Waals surface area (Å²) in [7, 11) is 0. The molecule has 1 saturated heterocycles. The van der Waals surface area contributed by atoms with E-state index in [2.05, 4.69) is 11.2 Å². The van der Waals surface area contributed by atoms with Crippen LogP contribution >= 0.6 is 0 Å². The van der Waals surface area contributed by atoms with Crippen LogP contribution in [0, 0.1) is 30.1 Å². The Hall–Kier alpha value is -0.480. The van der Waals surface area contributed by atoms with Crippen molar-refractivity contribution in [3.05, 3.63) is 0 Å². The summed E-state index contributed by atoms with van der Waals surface area (Å²) >= 11 is 0. The summed E-state index contributed by atoms with van der Waals surface area (Å²) in [6.07, 6.45) is 6.62. The SMILES string of the molecule is C#CC1C2CCNCC12. The van der Waals surface area contributed by atoms with Gasteiger partial charge in [-0.05, 0) is 31.3 Å². The van der Waals surface area contributed by atoms with Crippen LogP contribution in [0.1, 0.15) is 6.42 Å². The average molecular weight is 121 g/mol. The third kappa shape index (κ3) is 0.668. The fraction of sp³-hybridized carbons (Fsp3) is 0.750. The molecule has 2 rings (SSSR count). The van der Waals surface area contributed by atoms with E-state index in [4.69, 9.17) is 6.42 Å². The largest absolute Gasteiger partial charge is 0.316 e. The normalized spacial score (nSPS) is 47.2. The Kier molecular flexibility index (Phi) is 1.03. The predicted molar refractivity (Wildman–Crippen MR) is 36.8 cm³/mol. The van der Waals surface area contributed by atoms with Gasteiger partial charge >= 0.3 is 0 Å². The number of piperidine rings is 1. The molecule has 9 heavy (non-hydrogen) atoms. The van der Waals surface area contributed by atoms with E-state index in [-0.39, 0.29) is 0 Å². The van der Waals surface area contributed by atoms with Crippen molar-refractivity contribution in [2.24, 2.45) is 17.8 Å². The zero-order chi connectivity index (χ0) is 6.27. The van der Waals surface area contributed by atoms with E-state index in [1.807, 2.05) is 0 Å². The van der Waals surface area contributed by atoms with E-state index in [0.717, 1.165) is 11.8 Å². The van der Waals surface area contributed by atoms with Crippen LogP contribution < -0.4 is 5.32 Å². The fourth-order valence-electron chi connectivity index (χ4n) is 1.90. The van der Waals surface area contributed by atoms with Crippen molar-refractivity contribution in [2.75, 3.05) is 13.1 Å². The molecule has 0 bridgehead atoms. The first-order valence-corrected chi connectivity index (χ1v) is 3.60. The van der Waals surface area contributed by atoms with Crippen LogP contribution in [0.2, 0.25) is 0 Å². The minimum atomic E-state index is 0.625. The van der Waals surface area contributed by atoms with Crippen LogP contribution in [0.5, 0.6) is 0 Å². The molecular formula is C8H11N. The Labute approximate surface area is 55.8 Å². The maximum atomic E-state index is 5.32. The molecule has 48 valence electrons. The van der Waals surface area contributed by atoms with Crippen molar-refractivity contribution in [3.63, 3.8) is 0 Å². The van der Waals surface area contributed by atoms with Crippen molar-refractivity contribution < 1.29 is 0 Å². The number of hydrogen-bond acceptors (Lipinski definition) is 1. The second-order valence-corrected chi connectivity index (χ2v) is 3.01. The summed E-state index contributed by atoms with van der Waals surface area (Å²) in [4.78, 5) is 0. The highest BCUT2D eigenvalue weighted by molar-refractivity contribution is 5.14. The quantitative estimate of drug-likeness (QED) is 0.459. The van der Waals surface area contributed by atoms with Gasteiger partial charge in [-0.25, -0.2) is 0 Å². The van der Waals surface area contributed by atoms with Crippen LogP contribution in [0.25, 0.3) is 0 Å². The molecular weight excluding hydrogens is 110 g/mol. The van der Waals surface area contributed by atoms with Crippen LogP contribution in [0.4, 0.5) is 0 Å². The third-order valence-electron chi connectivity index (χ3n) is 2.56. The van der Waals surface area contributed by atoms with E-state index < -0.39 is 0 Å². The number of fused-ring (bicyclic) bond motifs is 1. The molecule has 0 aromatic heterocycles. The molecule has 1 N–H and O–H groups in total. The second-order valence-electron chi connectivity index (χ2n) is 3.01. The zero-order valence-electron chi connectivity index (χ0n) is 5.43. The molecule has 0 aromatic carbocycles. The predicted octanol–water partition coefficient (Wildman–Crippen LogP) is 0.475. The highest BCUT2D eigenvalue weighted by Gasteiger charge is 2.49. The standard InChI is InChI=1S/C8H11N/c1-2-6-7-3-4-9-5-8(6)7/h1,6-9H,3-5H2. The summed E-state index contributed by atoms with van der Waals surface area (Å²) in [5.74, 6) is 5.19. The van der Waals surface area contributed by atoms with Crippen molar-refractivity contribution in [2.45, 2.75) is 6.42 Å². The van der Waals surface area contributed by atoms with E-state index in [0.29, 0.717) is 5.92 Å². The molecule has 0 aromatic rings. The summed E-state index contributed by atoms with van der Waals surface area (Å²) < 4.78 is 0. The van der Waals surface area contributed by atoms with Gasteiger partial charge < -0.3 is 5.32 Å². The molecule has 1 heterocycles. The van der Waals surface area contributed by atoms with Gasteiger partial charge in [-0.2, -0.15) is 0 Å². The van der Waals surface area contributed by atoms with Gasteiger partial charge in [0.05, 0.1) is 0 Å². The first kappa shape index (κ1) is 5.32. The molecule has 0 spiro atoms. The molecule has 3 atom stereocenters. The lowest BCUT2D eigenvalue weighted by Crippen LogP contribution is -2.23. The van der Waals surface area contributed by atoms with Gasteiger partial charge in [0.15, 0.2) is 0 Å². The Balaban J connectivity index is 2.00. The van der Waals surface area contributed by atoms with E-state index in [1.165, 1.54) is 19.5 Å². The summed E-state index contributed by atoms with van der Waals surface area (Å²) in [6, 6.07) is 0. The van der Waals surface area contributed by atoms with Crippen LogP contribution in [0.3, 0.4) is 0 Å². The fourth-order valence-corrected chi connectivity index (χ4v) is 1.90. The molecule has 0 radical (unpaired) electrons. The Bertz CT molecular complexity index is 144. The second kappa shape index (κ2) is 1.75. The minimum Gasteiger partial charge on any atom is -0.316 e. The number of nitrogens with one attached hydrogen (secondary N) is 1. The smallest absolute Gasteiger partial charge is 0.0275 e. The topological polar surface area (TPSA) is 12.0 Å². The highest BCUT2D eigenvalue weighted by atomic mass is 14.9. The molecule has 1 aliphatic heterocycles. The number of terminal acetylenes is 1. The summed E-state index contributed by atoms with van der Waals surface area (Å²) in [6.45, 7) is 2.35. The van der Waals surface area contributed by atoms with Crippen LogP contribution in [-0.2, 0) is 0 Å². The van der Waals surface area contributed by atoms with E-state index in [9.17, 15) is 0 Å². The van der Waals surface area contributed by atoms with Gasteiger partial charge in [0.1, 0.15) is 0 Å². The zero-order valence-corrected chi connectivity index (χ0v) is 5.43. The van der Waals surface area contributed by atoms with Crippen molar-refractivity contribution in [3.8, 4) is 12.3 Å². The highest BCUT2D eigenvalue weighted by Crippen LogP contribution is 2.48. The van der Waals surface area contributed by atoms with Crippen molar-refractivity contribution in [1.29, 1.82) is 0 Å². The lowest BCUT2D eigenvalue weighted by molar-refractivity contribution is 0.497. The average Bonchev–Trinajstić information content (AvgIpc) is 2.60. The molecule has 1 heteroatoms. The molecule has 2 aliphatic rings. The van der Waals surface area contributed by atoms with Crippen molar-refractivity contribution in [1.82, 2.24) is 5.32 Å². The molecule has 3 unspecified atom stereocenters. The minimum absolute atomic E-state index is 0.625. The molecule has 0 amide bonds. The van der Waals surface area contributed by atoms with Crippen molar-refractivity contribution >= 4 is 0 Å². The lowest BCUT2D eigenvalue weighted by atomic mass is 10.2. The van der Waals surface area contributed by atoms with Crippen LogP contribution in [-0.4, -0.2) is 13.1 Å². The molecule has 1 nitrogen and oxygen atoms in total. The van der Waals surface area contributed by atoms with E-state index in [1.54, 1.807) is 0 Å². The summed E-state index contributed by atoms with van der Waals surface area (Å²) in [5.41, 5.74) is 0. The van der Waals surface area contributed by atoms with Gasteiger partial charge in [0, 0.05) is 5.92 Å². The first-order chi connectivity index (χ1) is 4.43. The maximum absolute atomic E-state index is 5.32. The van der Waals surface area contributed by atoms with Gasteiger partial charge in [-0.15, -0.1) is 12.3 Å². The molecule has 2 fully saturated rings. The Morgan fingerprint density at radius 3 is 2.89 bits per heavy atom. The Morgan fingerprint density at radius 2 is 2.33 bits per heavy atom. The van der Waals surface area contributed by atoms with Gasteiger partial charge in [-0.3, -0.25) is 0 Å². The van der Waals surface area contributed by atoms with Crippen LogP contribution in [0.15, 0.2) is 0 Å². The van der Waals surface area contributed by atoms with Gasteiger partial charge in [0.2, 0.25) is 0 Å². The Morgan fingerprint density at radius 1 is 1.44 bits per heavy atom. The first-order valence-electron chi connectivity index (χ1n) is 3.60. The third-order valence-corrected chi connectivity index (χ3v) is 2.56. The molecule has 1 aliphatic carbocycles. The molecule has 1 saturated carbocycles. The monoisotopic (exact) mass is 121 g/mol. The van der Waals surface area contributed by atoms with Gasteiger partial charge in [-0.1, -0.05) is 0 Å². The van der Waals surface area contributed by atoms with Gasteiger partial charge in [0.25, 0.3) is 0 Å². The summed E-state index contributed by atoms with van der Waals surface area (Å²) in [5, 5.41) is 3.34. The number of hydrogen-bond donors (Lipinski definition) is 1. The van der Waals surface area contributed by atoms with E-state index >= 15 is 0 Å². The maximum Gasteiger partial charge on any atom is 0.0275 e.